The number of nitrogens with one attached hydrogen (secondary N) is 1. The van der Waals surface area contributed by atoms with Crippen molar-refractivity contribution in [2.45, 2.75) is 32.2 Å². The van der Waals surface area contributed by atoms with Crippen LogP contribution in [-0.4, -0.2) is 23.8 Å². The van der Waals surface area contributed by atoms with Crippen molar-refractivity contribution < 1.29 is 5.11 Å². The molecule has 0 aromatic rings. The zero-order valence-electron chi connectivity index (χ0n) is 7.86. The Kier molecular flexibility index (Phi) is 5.80. The summed E-state index contributed by atoms with van der Waals surface area (Å²) < 4.78 is 0.945. The van der Waals surface area contributed by atoms with Crippen LogP contribution >= 0.6 is 15.9 Å². The zero-order chi connectivity index (χ0) is 9.61. The van der Waals surface area contributed by atoms with Gasteiger partial charge in [-0.3, -0.25) is 0 Å². The third-order valence-electron chi connectivity index (χ3n) is 2.15. The van der Waals surface area contributed by atoms with Gasteiger partial charge in [0.1, 0.15) is 0 Å². The molecule has 0 saturated carbocycles. The summed E-state index contributed by atoms with van der Waals surface area (Å²) in [6.45, 7) is 8.95. The number of hydrogen-bond acceptors (Lipinski definition) is 2. The molecule has 0 radical (unpaired) electrons. The lowest BCUT2D eigenvalue weighted by molar-refractivity contribution is 0.219. The molecule has 2 N–H and O–H groups in total. The van der Waals surface area contributed by atoms with Gasteiger partial charge in [0.25, 0.3) is 0 Å². The average Bonchev–Trinajstić information content (AvgIpc) is 2.02. The van der Waals surface area contributed by atoms with Crippen molar-refractivity contribution >= 4 is 15.9 Å². The molecule has 0 fully saturated rings. The van der Waals surface area contributed by atoms with Crippen LogP contribution in [0.4, 0.5) is 0 Å². The number of aliphatic hydroxyl groups is 1. The molecule has 2 nitrogen and oxygen atoms in total. The van der Waals surface area contributed by atoms with Crippen LogP contribution in [-0.2, 0) is 0 Å². The van der Waals surface area contributed by atoms with Crippen molar-refractivity contribution in [3.63, 3.8) is 0 Å². The molecule has 0 rings (SSSR count). The Morgan fingerprint density at radius 3 is 2.58 bits per heavy atom. The Morgan fingerprint density at radius 2 is 2.25 bits per heavy atom. The predicted octanol–water partition coefficient (Wildman–Crippen LogP) is 2.04. The minimum absolute atomic E-state index is 0.0332. The second kappa shape index (κ2) is 5.73. The minimum Gasteiger partial charge on any atom is -0.396 e. The van der Waals surface area contributed by atoms with E-state index in [9.17, 15) is 0 Å². The van der Waals surface area contributed by atoms with E-state index >= 15 is 0 Å². The van der Waals surface area contributed by atoms with Gasteiger partial charge in [-0.2, -0.15) is 0 Å². The van der Waals surface area contributed by atoms with Crippen molar-refractivity contribution in [2.24, 2.45) is 0 Å². The molecule has 0 aliphatic carbocycles. The summed E-state index contributed by atoms with van der Waals surface area (Å²) in [4.78, 5) is 0. The van der Waals surface area contributed by atoms with E-state index in [-0.39, 0.29) is 12.1 Å². The highest BCUT2D eigenvalue weighted by molar-refractivity contribution is 9.11. The fourth-order valence-electron chi connectivity index (χ4n) is 0.946. The maximum Gasteiger partial charge on any atom is 0.0448 e. The number of aliphatic hydroxyl groups excluding tert-OH is 1. The number of rotatable bonds is 6. The summed E-state index contributed by atoms with van der Waals surface area (Å²) in [6, 6.07) is 0. The molecule has 12 heavy (non-hydrogen) atoms. The molecular weight excluding hydrogens is 218 g/mol. The molecule has 0 heterocycles. The van der Waals surface area contributed by atoms with Crippen molar-refractivity contribution in [2.75, 3.05) is 13.2 Å². The van der Waals surface area contributed by atoms with Gasteiger partial charge in [-0.25, -0.2) is 0 Å². The number of hydrogen-bond donors (Lipinski definition) is 2. The summed E-state index contributed by atoms with van der Waals surface area (Å²) in [5.74, 6) is 0. The summed E-state index contributed by atoms with van der Waals surface area (Å²) in [5, 5.41) is 12.2. The van der Waals surface area contributed by atoms with E-state index in [0.717, 1.165) is 23.9 Å². The molecule has 0 aromatic carbocycles. The Bertz CT molecular complexity index is 149. The third kappa shape index (κ3) is 4.91. The molecule has 0 bridgehead atoms. The smallest absolute Gasteiger partial charge is 0.0448 e. The van der Waals surface area contributed by atoms with Gasteiger partial charge in [-0.1, -0.05) is 29.4 Å². The average molecular weight is 236 g/mol. The fourth-order valence-corrected chi connectivity index (χ4v) is 1.09. The highest BCUT2D eigenvalue weighted by Crippen LogP contribution is 2.14. The molecule has 0 aliphatic rings. The first-order valence-electron chi connectivity index (χ1n) is 4.23. The van der Waals surface area contributed by atoms with Crippen molar-refractivity contribution in [3.8, 4) is 0 Å². The number of halogens is 1. The van der Waals surface area contributed by atoms with Gasteiger partial charge in [-0.05, 0) is 19.8 Å². The van der Waals surface area contributed by atoms with E-state index in [1.807, 2.05) is 0 Å². The minimum atomic E-state index is 0.0332. The van der Waals surface area contributed by atoms with Gasteiger partial charge in [0.2, 0.25) is 0 Å². The molecule has 72 valence electrons. The van der Waals surface area contributed by atoms with Crippen LogP contribution < -0.4 is 5.32 Å². The summed E-state index contributed by atoms with van der Waals surface area (Å²) in [5.41, 5.74) is 0.0332. The Hall–Kier alpha value is 0.140. The van der Waals surface area contributed by atoms with Gasteiger partial charge in [0.15, 0.2) is 0 Å². The van der Waals surface area contributed by atoms with Crippen LogP contribution in [0, 0.1) is 0 Å². The molecule has 0 spiro atoms. The van der Waals surface area contributed by atoms with Gasteiger partial charge < -0.3 is 10.4 Å². The van der Waals surface area contributed by atoms with E-state index in [4.69, 9.17) is 5.11 Å². The lowest BCUT2D eigenvalue weighted by Gasteiger charge is -2.29. The predicted molar refractivity (Wildman–Crippen MR) is 56.5 cm³/mol. The zero-order valence-corrected chi connectivity index (χ0v) is 9.45. The van der Waals surface area contributed by atoms with Crippen LogP contribution in [0.15, 0.2) is 11.1 Å². The largest absolute Gasteiger partial charge is 0.396 e. The third-order valence-corrected chi connectivity index (χ3v) is 2.43. The quantitative estimate of drug-likeness (QED) is 0.739. The Balaban J connectivity index is 3.86. The van der Waals surface area contributed by atoms with Crippen molar-refractivity contribution in [1.82, 2.24) is 5.32 Å². The first kappa shape index (κ1) is 12.1. The molecule has 0 aliphatic heterocycles. The lowest BCUT2D eigenvalue weighted by Crippen LogP contribution is -2.43. The maximum absolute atomic E-state index is 8.82. The first-order valence-corrected chi connectivity index (χ1v) is 5.02. The van der Waals surface area contributed by atoms with Gasteiger partial charge >= 0.3 is 0 Å². The topological polar surface area (TPSA) is 32.3 Å². The molecule has 0 amide bonds. The van der Waals surface area contributed by atoms with Gasteiger partial charge in [0.05, 0.1) is 0 Å². The standard InChI is InChI=1S/C9H18BrNO/c1-4-9(3,5-6-12)11-7-8(2)10/h11-12H,2,4-7H2,1,3H3. The molecule has 1 unspecified atom stereocenters. The van der Waals surface area contributed by atoms with Gasteiger partial charge in [-0.15, -0.1) is 0 Å². The van der Waals surface area contributed by atoms with Gasteiger partial charge in [0, 0.05) is 23.2 Å². The highest BCUT2D eigenvalue weighted by Gasteiger charge is 2.19. The maximum atomic E-state index is 8.82. The van der Waals surface area contributed by atoms with Crippen LogP contribution in [0.2, 0.25) is 0 Å². The summed E-state index contributed by atoms with van der Waals surface area (Å²) in [7, 11) is 0. The van der Waals surface area contributed by atoms with Crippen molar-refractivity contribution in [3.05, 3.63) is 11.1 Å². The second-order valence-electron chi connectivity index (χ2n) is 3.26. The van der Waals surface area contributed by atoms with E-state index in [1.165, 1.54) is 0 Å². The molecular formula is C9H18BrNO. The van der Waals surface area contributed by atoms with Crippen molar-refractivity contribution in [1.29, 1.82) is 0 Å². The van der Waals surface area contributed by atoms with E-state index < -0.39 is 0 Å². The molecule has 1 atom stereocenters. The fraction of sp³-hybridized carbons (Fsp3) is 0.778. The van der Waals surface area contributed by atoms with E-state index in [1.54, 1.807) is 0 Å². The van der Waals surface area contributed by atoms with Crippen LogP contribution in [0.3, 0.4) is 0 Å². The van der Waals surface area contributed by atoms with Crippen LogP contribution in [0.25, 0.3) is 0 Å². The second-order valence-corrected chi connectivity index (χ2v) is 4.38. The molecule has 0 saturated heterocycles. The Labute approximate surface area is 83.2 Å². The van der Waals surface area contributed by atoms with E-state index in [0.29, 0.717) is 0 Å². The van der Waals surface area contributed by atoms with Crippen LogP contribution in [0.5, 0.6) is 0 Å². The molecule has 3 heteroatoms. The lowest BCUT2D eigenvalue weighted by atomic mass is 9.95. The SMILES string of the molecule is C=C(Br)CNC(C)(CC)CCO. The summed E-state index contributed by atoms with van der Waals surface area (Å²) in [6.07, 6.45) is 1.79. The highest BCUT2D eigenvalue weighted by atomic mass is 79.9. The molecule has 0 aromatic heterocycles. The Morgan fingerprint density at radius 1 is 1.67 bits per heavy atom. The van der Waals surface area contributed by atoms with E-state index in [2.05, 4.69) is 41.7 Å². The first-order chi connectivity index (χ1) is 5.54. The summed E-state index contributed by atoms with van der Waals surface area (Å²) >= 11 is 3.29. The monoisotopic (exact) mass is 235 g/mol. The normalized spacial score (nSPS) is 15.7. The van der Waals surface area contributed by atoms with Crippen LogP contribution in [0.1, 0.15) is 26.7 Å².